The van der Waals surface area contributed by atoms with Gasteiger partial charge in [-0.3, -0.25) is 9.59 Å². The molecule has 220 valence electrons. The number of alkyl halides is 9. The third-order valence-corrected chi connectivity index (χ3v) is 6.89. The largest absolute Gasteiger partial charge is 0.457 e. The van der Waals surface area contributed by atoms with Crippen LogP contribution < -0.4 is 11.1 Å². The summed E-state index contributed by atoms with van der Waals surface area (Å²) in [5.74, 6) is -11.6. The van der Waals surface area contributed by atoms with Crippen molar-refractivity contribution in [3.8, 4) is 11.1 Å². The SMILES string of the molecule is NC(=O)c1ccc(-c2c(Br)cc(C(F)(C(F)(F)F)C(F)(F)C(F)(F)F)cc2Br)c(NC(=O)c2ccc(F)cc2)c1F. The third-order valence-electron chi connectivity index (χ3n) is 5.64. The summed E-state index contributed by atoms with van der Waals surface area (Å²) in [5, 5.41) is 2.07. The number of nitrogens with one attached hydrogen (secondary N) is 1. The quantitative estimate of drug-likeness (QED) is 0.250. The average Bonchev–Trinajstić information content (AvgIpc) is 2.83. The first-order valence-electron chi connectivity index (χ1n) is 10.5. The molecule has 41 heavy (non-hydrogen) atoms. The van der Waals surface area contributed by atoms with E-state index < -0.39 is 84.3 Å². The Morgan fingerprint density at radius 1 is 0.756 bits per heavy atom. The summed E-state index contributed by atoms with van der Waals surface area (Å²) in [7, 11) is 0. The predicted molar refractivity (Wildman–Crippen MR) is 130 cm³/mol. The molecule has 4 nitrogen and oxygen atoms in total. The lowest BCUT2D eigenvalue weighted by atomic mass is 9.86. The van der Waals surface area contributed by atoms with E-state index in [2.05, 4.69) is 37.2 Å². The fraction of sp³-hybridized carbons (Fsp3) is 0.167. The molecule has 1 atom stereocenters. The van der Waals surface area contributed by atoms with Gasteiger partial charge in [-0.2, -0.15) is 35.1 Å². The van der Waals surface area contributed by atoms with Gasteiger partial charge in [0.2, 0.25) is 0 Å². The van der Waals surface area contributed by atoms with Crippen molar-refractivity contribution in [1.29, 1.82) is 0 Å². The van der Waals surface area contributed by atoms with Crippen LogP contribution >= 0.6 is 31.9 Å². The van der Waals surface area contributed by atoms with Crippen LogP contribution in [0.1, 0.15) is 26.3 Å². The van der Waals surface area contributed by atoms with Crippen molar-refractivity contribution < 1.29 is 57.9 Å². The molecule has 0 spiro atoms. The summed E-state index contributed by atoms with van der Waals surface area (Å²) < 4.78 is 149. The van der Waals surface area contributed by atoms with E-state index in [1.165, 1.54) is 0 Å². The molecule has 3 aromatic carbocycles. The molecule has 0 heterocycles. The maximum absolute atomic E-state index is 15.3. The Hall–Kier alpha value is -3.21. The van der Waals surface area contributed by atoms with Gasteiger partial charge in [-0.25, -0.2) is 13.2 Å². The van der Waals surface area contributed by atoms with E-state index in [9.17, 15) is 49.1 Å². The second-order valence-electron chi connectivity index (χ2n) is 8.22. The maximum atomic E-state index is 15.3. The van der Waals surface area contributed by atoms with Crippen LogP contribution in [0.5, 0.6) is 0 Å². The van der Waals surface area contributed by atoms with Crippen LogP contribution in [0.3, 0.4) is 0 Å². The van der Waals surface area contributed by atoms with Gasteiger partial charge in [-0.15, -0.1) is 0 Å². The third kappa shape index (κ3) is 5.65. The number of hydrogen-bond donors (Lipinski definition) is 2. The van der Waals surface area contributed by atoms with Gasteiger partial charge in [0.05, 0.1) is 11.3 Å². The lowest BCUT2D eigenvalue weighted by molar-refractivity contribution is -0.389. The molecule has 3 rings (SSSR count). The van der Waals surface area contributed by atoms with Crippen LogP contribution in [-0.4, -0.2) is 30.1 Å². The molecule has 0 saturated heterocycles. The Morgan fingerprint density at radius 2 is 1.27 bits per heavy atom. The number of carbonyl (C=O) groups excluding carboxylic acids is 2. The van der Waals surface area contributed by atoms with Crippen molar-refractivity contribution in [2.75, 3.05) is 5.32 Å². The Bertz CT molecular complexity index is 1500. The van der Waals surface area contributed by atoms with Crippen LogP contribution in [0.15, 0.2) is 57.5 Å². The van der Waals surface area contributed by atoms with E-state index in [1.54, 1.807) is 0 Å². The summed E-state index contributed by atoms with van der Waals surface area (Å²) in [6.07, 6.45) is -13.8. The minimum absolute atomic E-state index is 0.0291. The number of benzene rings is 3. The molecule has 0 radical (unpaired) electrons. The minimum Gasteiger partial charge on any atom is -0.366 e. The predicted octanol–water partition coefficient (Wildman–Crippen LogP) is 8.43. The number of nitrogens with two attached hydrogens (primary N) is 1. The number of hydrogen-bond acceptors (Lipinski definition) is 2. The number of halogens is 13. The van der Waals surface area contributed by atoms with Gasteiger partial charge in [0.25, 0.3) is 11.8 Å². The molecule has 0 aliphatic rings. The molecule has 0 aromatic heterocycles. The van der Waals surface area contributed by atoms with Gasteiger partial charge >= 0.3 is 23.9 Å². The number of anilines is 1. The normalized spacial score (nSPS) is 14.0. The van der Waals surface area contributed by atoms with Gasteiger partial charge in [0, 0.05) is 31.2 Å². The zero-order valence-corrected chi connectivity index (χ0v) is 22.6. The van der Waals surface area contributed by atoms with Gasteiger partial charge in [-0.1, -0.05) is 37.9 Å². The Kier molecular flexibility index (Phi) is 8.58. The van der Waals surface area contributed by atoms with E-state index >= 15 is 8.78 Å². The second kappa shape index (κ2) is 10.9. The fourth-order valence-corrected chi connectivity index (χ4v) is 5.25. The summed E-state index contributed by atoms with van der Waals surface area (Å²) in [5.41, 5.74) is -6.18. The smallest absolute Gasteiger partial charge is 0.366 e. The summed E-state index contributed by atoms with van der Waals surface area (Å²) in [6, 6.07) is 5.35. The molecular weight excluding hydrogens is 717 g/mol. The van der Waals surface area contributed by atoms with E-state index in [4.69, 9.17) is 5.73 Å². The molecule has 2 amide bonds. The lowest BCUT2D eigenvalue weighted by Crippen LogP contribution is -2.59. The van der Waals surface area contributed by atoms with Crippen LogP contribution in [0.4, 0.5) is 54.0 Å². The van der Waals surface area contributed by atoms with E-state index in [0.29, 0.717) is 0 Å². The van der Waals surface area contributed by atoms with Crippen molar-refractivity contribution in [2.45, 2.75) is 23.9 Å². The van der Waals surface area contributed by atoms with Crippen LogP contribution in [0.2, 0.25) is 0 Å². The highest BCUT2D eigenvalue weighted by Crippen LogP contribution is 2.59. The summed E-state index contributed by atoms with van der Waals surface area (Å²) in [4.78, 5) is 24.4. The average molecular weight is 728 g/mol. The molecule has 0 saturated carbocycles. The van der Waals surface area contributed by atoms with Crippen molar-refractivity contribution in [1.82, 2.24) is 0 Å². The number of carbonyl (C=O) groups is 2. The molecule has 0 aliphatic heterocycles. The second-order valence-corrected chi connectivity index (χ2v) is 9.93. The first-order chi connectivity index (χ1) is 18.6. The van der Waals surface area contributed by atoms with Gasteiger partial charge in [-0.05, 0) is 42.5 Å². The number of amides is 2. The highest BCUT2D eigenvalue weighted by Gasteiger charge is 2.81. The standard InChI is InChI=1S/C24H11Br2F11N2O2/c25-14-7-10(21(29,23(32,33)34)22(30,31)24(35,36)37)8-15(26)16(14)12-5-6-13(19(38)40)17(28)18(12)39-20(41)9-1-3-11(27)4-2-9/h1-8H,(H2,38,40)(H,39,41). The Morgan fingerprint density at radius 3 is 1.71 bits per heavy atom. The molecule has 0 aliphatic carbocycles. The first-order valence-corrected chi connectivity index (χ1v) is 12.1. The summed E-state index contributed by atoms with van der Waals surface area (Å²) >= 11 is 5.36. The van der Waals surface area contributed by atoms with Gasteiger partial charge in [0.1, 0.15) is 5.82 Å². The van der Waals surface area contributed by atoms with E-state index in [1.807, 2.05) is 0 Å². The first kappa shape index (κ1) is 32.3. The number of primary amides is 1. The van der Waals surface area contributed by atoms with Crippen molar-refractivity contribution in [3.63, 3.8) is 0 Å². The summed E-state index contributed by atoms with van der Waals surface area (Å²) in [6.45, 7) is 0. The van der Waals surface area contributed by atoms with E-state index in [-0.39, 0.29) is 17.7 Å². The van der Waals surface area contributed by atoms with Crippen LogP contribution in [0.25, 0.3) is 11.1 Å². The Labute approximate surface area is 239 Å². The molecular formula is C24H11Br2F11N2O2. The lowest BCUT2D eigenvalue weighted by Gasteiger charge is -2.36. The number of rotatable bonds is 6. The molecule has 1 unspecified atom stereocenters. The van der Waals surface area contributed by atoms with Gasteiger partial charge in [0.15, 0.2) is 5.82 Å². The van der Waals surface area contributed by atoms with E-state index in [0.717, 1.165) is 36.4 Å². The fourth-order valence-electron chi connectivity index (χ4n) is 3.63. The van der Waals surface area contributed by atoms with Gasteiger partial charge < -0.3 is 11.1 Å². The van der Waals surface area contributed by atoms with Crippen LogP contribution in [0, 0.1) is 11.6 Å². The minimum atomic E-state index is -6.97. The highest BCUT2D eigenvalue weighted by atomic mass is 79.9. The van der Waals surface area contributed by atoms with Crippen LogP contribution in [-0.2, 0) is 5.67 Å². The Balaban J connectivity index is 2.28. The molecule has 0 bridgehead atoms. The molecule has 3 aromatic rings. The topological polar surface area (TPSA) is 72.2 Å². The molecule has 17 heteroatoms. The zero-order chi connectivity index (χ0) is 31.3. The van der Waals surface area contributed by atoms with Crippen molar-refractivity contribution in [3.05, 3.63) is 85.8 Å². The van der Waals surface area contributed by atoms with Crippen molar-refractivity contribution in [2.24, 2.45) is 5.73 Å². The molecule has 0 fully saturated rings. The van der Waals surface area contributed by atoms with Crippen molar-refractivity contribution >= 4 is 49.4 Å². The highest BCUT2D eigenvalue weighted by molar-refractivity contribution is 9.11. The zero-order valence-electron chi connectivity index (χ0n) is 19.4. The monoisotopic (exact) mass is 726 g/mol. The molecule has 3 N–H and O–H groups in total. The maximum Gasteiger partial charge on any atom is 0.457 e.